The van der Waals surface area contributed by atoms with E-state index >= 15 is 0 Å². The van der Waals surface area contributed by atoms with Crippen LogP contribution in [-0.4, -0.2) is 34.2 Å². The van der Waals surface area contributed by atoms with Crippen LogP contribution in [0, 0.1) is 5.41 Å². The fourth-order valence-electron chi connectivity index (χ4n) is 3.16. The first kappa shape index (κ1) is 25.6. The van der Waals surface area contributed by atoms with Gasteiger partial charge in [-0.05, 0) is 35.3 Å². The van der Waals surface area contributed by atoms with Gasteiger partial charge in [-0.1, -0.05) is 77.9 Å². The Balaban J connectivity index is 1.94. The Kier molecular flexibility index (Phi) is 7.88. The van der Waals surface area contributed by atoms with Crippen LogP contribution in [0.15, 0.2) is 34.9 Å². The van der Waals surface area contributed by atoms with Gasteiger partial charge in [0.1, 0.15) is 17.9 Å². The number of anilines is 1. The summed E-state index contributed by atoms with van der Waals surface area (Å²) < 4.78 is 5.43. The number of hydrogen-bond acceptors (Lipinski definition) is 5. The van der Waals surface area contributed by atoms with Crippen molar-refractivity contribution in [3.05, 3.63) is 47.2 Å². The maximum atomic E-state index is 12.4. The Hall–Kier alpha value is -2.67. The summed E-state index contributed by atoms with van der Waals surface area (Å²) in [6.45, 7) is 15.4. The lowest BCUT2D eigenvalue weighted by molar-refractivity contribution is -0.137. The highest BCUT2D eigenvalue weighted by Crippen LogP contribution is 2.26. The zero-order valence-electron chi connectivity index (χ0n) is 20.4. The second-order valence-corrected chi connectivity index (χ2v) is 10.7. The molecule has 0 saturated carbocycles. The van der Waals surface area contributed by atoms with Crippen LogP contribution in [0.3, 0.4) is 0 Å². The summed E-state index contributed by atoms with van der Waals surface area (Å²) >= 11 is 0. The number of aliphatic hydroxyl groups excluding tert-OH is 1. The molecular formula is C25H37N3O4. The first-order valence-corrected chi connectivity index (χ1v) is 11.0. The van der Waals surface area contributed by atoms with Gasteiger partial charge in [0, 0.05) is 12.0 Å². The van der Waals surface area contributed by atoms with E-state index in [1.807, 2.05) is 6.92 Å². The SMILES string of the molecule is CC(NC(=O)C(O)C(C)(C)C)C(=O)Nc1cc(C(C)Cc2ccc(C(C)(C)C)cc2)on1. The van der Waals surface area contributed by atoms with E-state index in [0.717, 1.165) is 6.42 Å². The van der Waals surface area contributed by atoms with E-state index in [-0.39, 0.29) is 17.2 Å². The molecule has 0 aliphatic rings. The van der Waals surface area contributed by atoms with E-state index in [1.165, 1.54) is 11.1 Å². The van der Waals surface area contributed by atoms with Crippen LogP contribution < -0.4 is 10.6 Å². The molecule has 3 unspecified atom stereocenters. The maximum absolute atomic E-state index is 12.4. The summed E-state index contributed by atoms with van der Waals surface area (Å²) in [5.41, 5.74) is 1.98. The van der Waals surface area contributed by atoms with Crippen molar-refractivity contribution in [2.24, 2.45) is 5.41 Å². The fraction of sp³-hybridized carbons (Fsp3) is 0.560. The van der Waals surface area contributed by atoms with E-state index in [1.54, 1.807) is 33.8 Å². The molecule has 0 aliphatic heterocycles. The van der Waals surface area contributed by atoms with Gasteiger partial charge in [0.2, 0.25) is 11.8 Å². The number of nitrogens with zero attached hydrogens (tertiary/aromatic N) is 1. The first-order chi connectivity index (χ1) is 14.7. The lowest BCUT2D eigenvalue weighted by Crippen LogP contribution is -2.49. The van der Waals surface area contributed by atoms with Gasteiger partial charge in [-0.2, -0.15) is 0 Å². The second-order valence-electron chi connectivity index (χ2n) is 10.7. The normalized spacial score (nSPS) is 15.0. The van der Waals surface area contributed by atoms with E-state index in [0.29, 0.717) is 5.76 Å². The molecule has 7 nitrogen and oxygen atoms in total. The van der Waals surface area contributed by atoms with Crippen molar-refractivity contribution in [3.8, 4) is 0 Å². The molecule has 0 radical (unpaired) electrons. The molecule has 0 fully saturated rings. The molecule has 2 amide bonds. The number of carbonyl (C=O) groups is 2. The van der Waals surface area contributed by atoms with Gasteiger partial charge in [-0.25, -0.2) is 0 Å². The molecule has 1 heterocycles. The third kappa shape index (κ3) is 6.92. The molecule has 2 rings (SSSR count). The van der Waals surface area contributed by atoms with Crippen molar-refractivity contribution in [1.82, 2.24) is 10.5 Å². The van der Waals surface area contributed by atoms with Crippen molar-refractivity contribution in [2.45, 2.75) is 85.3 Å². The van der Waals surface area contributed by atoms with Crippen LogP contribution in [0.5, 0.6) is 0 Å². The zero-order valence-corrected chi connectivity index (χ0v) is 20.4. The molecule has 7 heteroatoms. The predicted octanol–water partition coefficient (Wildman–Crippen LogP) is 4.17. The van der Waals surface area contributed by atoms with Crippen LogP contribution in [0.1, 0.15) is 78.2 Å². The highest BCUT2D eigenvalue weighted by molar-refractivity contribution is 5.96. The predicted molar refractivity (Wildman–Crippen MR) is 125 cm³/mol. The molecule has 0 bridgehead atoms. The molecule has 0 saturated heterocycles. The Bertz CT molecular complexity index is 920. The Labute approximate surface area is 191 Å². The fourth-order valence-corrected chi connectivity index (χ4v) is 3.16. The maximum Gasteiger partial charge on any atom is 0.250 e. The third-order valence-electron chi connectivity index (χ3n) is 5.45. The number of rotatable bonds is 7. The van der Waals surface area contributed by atoms with E-state index < -0.39 is 29.4 Å². The highest BCUT2D eigenvalue weighted by Gasteiger charge is 2.31. The summed E-state index contributed by atoms with van der Waals surface area (Å²) in [5.74, 6) is 0.00182. The summed E-state index contributed by atoms with van der Waals surface area (Å²) in [7, 11) is 0. The molecule has 176 valence electrons. The average Bonchev–Trinajstić information content (AvgIpc) is 3.14. The summed E-state index contributed by atoms with van der Waals surface area (Å²) in [6, 6.07) is 9.43. The minimum absolute atomic E-state index is 0.0766. The molecular weight excluding hydrogens is 406 g/mol. The van der Waals surface area contributed by atoms with Gasteiger partial charge in [0.15, 0.2) is 5.82 Å². The van der Waals surface area contributed by atoms with Crippen molar-refractivity contribution < 1.29 is 19.2 Å². The lowest BCUT2D eigenvalue weighted by Gasteiger charge is -2.26. The van der Waals surface area contributed by atoms with E-state index in [9.17, 15) is 14.7 Å². The molecule has 3 atom stereocenters. The molecule has 0 aliphatic carbocycles. The Morgan fingerprint density at radius 3 is 2.16 bits per heavy atom. The largest absolute Gasteiger partial charge is 0.383 e. The van der Waals surface area contributed by atoms with E-state index in [4.69, 9.17) is 4.52 Å². The van der Waals surface area contributed by atoms with Gasteiger partial charge < -0.3 is 20.3 Å². The van der Waals surface area contributed by atoms with Crippen LogP contribution in [0.2, 0.25) is 0 Å². The number of aliphatic hydroxyl groups is 1. The van der Waals surface area contributed by atoms with Crippen molar-refractivity contribution in [2.75, 3.05) is 5.32 Å². The summed E-state index contributed by atoms with van der Waals surface area (Å²) in [5, 5.41) is 19.1. The standard InChI is InChI=1S/C25H37N3O4/c1-15(13-17-9-11-18(12-10-17)24(3,4)5)19-14-20(28-32-19)27-22(30)16(2)26-23(31)21(29)25(6,7)8/h9-12,14-16,21,29H,13H2,1-8H3,(H,26,31)(H,27,28,30). The summed E-state index contributed by atoms with van der Waals surface area (Å²) in [4.78, 5) is 24.5. The van der Waals surface area contributed by atoms with Crippen LogP contribution in [-0.2, 0) is 21.4 Å². The van der Waals surface area contributed by atoms with Crippen LogP contribution in [0.4, 0.5) is 5.82 Å². The quantitative estimate of drug-likeness (QED) is 0.596. The van der Waals surface area contributed by atoms with Gasteiger partial charge >= 0.3 is 0 Å². The van der Waals surface area contributed by atoms with Gasteiger partial charge in [-0.15, -0.1) is 0 Å². The molecule has 32 heavy (non-hydrogen) atoms. The third-order valence-corrected chi connectivity index (χ3v) is 5.45. The molecule has 2 aromatic rings. The smallest absolute Gasteiger partial charge is 0.250 e. The van der Waals surface area contributed by atoms with Gasteiger partial charge in [0.25, 0.3) is 0 Å². The number of benzene rings is 1. The van der Waals surface area contributed by atoms with Crippen molar-refractivity contribution in [1.29, 1.82) is 0 Å². The Morgan fingerprint density at radius 1 is 1.03 bits per heavy atom. The molecule has 1 aromatic carbocycles. The lowest BCUT2D eigenvalue weighted by atomic mass is 9.86. The molecule has 1 aromatic heterocycles. The number of amides is 2. The monoisotopic (exact) mass is 443 g/mol. The zero-order chi connectivity index (χ0) is 24.3. The minimum atomic E-state index is -1.21. The first-order valence-electron chi connectivity index (χ1n) is 11.0. The summed E-state index contributed by atoms with van der Waals surface area (Å²) in [6.07, 6.45) is -0.431. The van der Waals surface area contributed by atoms with Gasteiger partial charge in [0.05, 0.1) is 0 Å². The molecule has 3 N–H and O–H groups in total. The van der Waals surface area contributed by atoms with Crippen molar-refractivity contribution >= 4 is 17.6 Å². The van der Waals surface area contributed by atoms with E-state index in [2.05, 4.69) is 60.8 Å². The molecule has 0 spiro atoms. The highest BCUT2D eigenvalue weighted by atomic mass is 16.5. The number of hydrogen-bond donors (Lipinski definition) is 3. The second kappa shape index (κ2) is 9.86. The van der Waals surface area contributed by atoms with Crippen LogP contribution in [0.25, 0.3) is 0 Å². The average molecular weight is 444 g/mol. The van der Waals surface area contributed by atoms with Gasteiger partial charge in [-0.3, -0.25) is 9.59 Å². The van der Waals surface area contributed by atoms with Crippen molar-refractivity contribution in [3.63, 3.8) is 0 Å². The number of nitrogens with one attached hydrogen (secondary N) is 2. The minimum Gasteiger partial charge on any atom is -0.383 e. The Morgan fingerprint density at radius 2 is 1.62 bits per heavy atom. The van der Waals surface area contributed by atoms with Crippen LogP contribution >= 0.6 is 0 Å². The topological polar surface area (TPSA) is 104 Å². The number of aromatic nitrogens is 1. The number of carbonyl (C=O) groups excluding carboxylic acids is 2.